The summed E-state index contributed by atoms with van der Waals surface area (Å²) in [5.74, 6) is 4.03. The van der Waals surface area contributed by atoms with E-state index in [1.165, 1.54) is 45.3 Å². The summed E-state index contributed by atoms with van der Waals surface area (Å²) in [5, 5.41) is 92.9. The molecular formula is C90H103N27O8S4. The van der Waals surface area contributed by atoms with Crippen molar-refractivity contribution in [1.29, 1.82) is 0 Å². The number of hydrogen-bond donors (Lipinski definition) is 7. The zero-order chi connectivity index (χ0) is 90.4. The Kier molecular flexibility index (Phi) is 34.3. The van der Waals surface area contributed by atoms with E-state index in [4.69, 9.17) is 0 Å². The predicted octanol–water partition coefficient (Wildman–Crippen LogP) is 13.8. The minimum atomic E-state index is -0.146. The molecule has 2 unspecified atom stereocenters. The van der Waals surface area contributed by atoms with Gasteiger partial charge in [0.2, 0.25) is 61.9 Å². The molecule has 4 aliphatic carbocycles. The van der Waals surface area contributed by atoms with E-state index in [9.17, 15) is 38.4 Å². The lowest BCUT2D eigenvalue weighted by molar-refractivity contribution is -0.119. The van der Waals surface area contributed by atoms with Gasteiger partial charge in [0.1, 0.15) is 25.8 Å². The Hall–Kier alpha value is -12.9. The molecule has 0 aliphatic heterocycles. The Morgan fingerprint density at radius 1 is 0.287 bits per heavy atom. The normalized spacial score (nSPS) is 17.8. The van der Waals surface area contributed by atoms with Crippen LogP contribution < -0.4 is 37.2 Å². The van der Waals surface area contributed by atoms with E-state index in [-0.39, 0.29) is 84.7 Å². The van der Waals surface area contributed by atoms with Crippen LogP contribution in [-0.2, 0) is 96.1 Å². The fraction of sp³-hybridized carbons (Fsp3) is 0.422. The second kappa shape index (κ2) is 47.3. The largest absolute Gasteiger partial charge is 0.309 e. The van der Waals surface area contributed by atoms with Gasteiger partial charge < -0.3 is 37.2 Å². The number of amides is 7. The van der Waals surface area contributed by atoms with Crippen LogP contribution in [0, 0.1) is 35.5 Å². The highest BCUT2D eigenvalue weighted by atomic mass is 32.1. The lowest BCUT2D eigenvalue weighted by atomic mass is 9.73. The number of nitrogens with zero attached hydrogens (tertiary/aromatic N) is 20. The fourth-order valence-electron chi connectivity index (χ4n) is 15.2. The first-order valence-electron chi connectivity index (χ1n) is 43.4. The summed E-state index contributed by atoms with van der Waals surface area (Å²) in [5.41, 5.74) is 7.32. The lowest BCUT2D eigenvalue weighted by Crippen LogP contribution is -2.24. The van der Waals surface area contributed by atoms with Crippen LogP contribution in [0.15, 0.2) is 146 Å². The van der Waals surface area contributed by atoms with Gasteiger partial charge in [0, 0.05) is 95.9 Å². The van der Waals surface area contributed by atoms with Gasteiger partial charge in [0.25, 0.3) is 0 Å². The van der Waals surface area contributed by atoms with Gasteiger partial charge in [-0.3, -0.25) is 58.3 Å². The topological polar surface area (TPSA) is 479 Å². The van der Waals surface area contributed by atoms with Crippen molar-refractivity contribution in [3.63, 3.8) is 0 Å². The summed E-state index contributed by atoms with van der Waals surface area (Å²) >= 11 is 5.77. The third-order valence-corrected chi connectivity index (χ3v) is 26.1. The smallest absolute Gasteiger partial charge is 0.232 e. The molecule has 670 valence electrons. The Morgan fingerprint density at radius 3 is 0.868 bits per heavy atom. The molecule has 16 rings (SSSR count). The van der Waals surface area contributed by atoms with Crippen molar-refractivity contribution in [2.24, 2.45) is 35.5 Å². The monoisotopic (exact) mass is 1820 g/mol. The molecule has 6 atom stereocenters. The number of carbonyl (C=O) groups is 8. The van der Waals surface area contributed by atoms with Crippen molar-refractivity contribution in [1.82, 2.24) is 102 Å². The average Bonchev–Trinajstić information content (AvgIpc) is 1.77. The Bertz CT molecular complexity index is 5470. The number of nitrogens with one attached hydrogen (secondary N) is 7. The maximum Gasteiger partial charge on any atom is 0.232 e. The number of pyridine rings is 4. The Balaban J connectivity index is 0.000000147. The van der Waals surface area contributed by atoms with Crippen molar-refractivity contribution in [2.45, 2.75) is 206 Å². The summed E-state index contributed by atoms with van der Waals surface area (Å²) in [6, 6.07) is 37.1. The highest BCUT2D eigenvalue weighted by Crippen LogP contribution is 2.46. The van der Waals surface area contributed by atoms with Crippen LogP contribution in [0.25, 0.3) is 0 Å². The molecule has 7 N–H and O–H groups in total. The van der Waals surface area contributed by atoms with Crippen LogP contribution in [0.1, 0.15) is 220 Å². The van der Waals surface area contributed by atoms with Crippen LogP contribution in [0.5, 0.6) is 0 Å². The predicted molar refractivity (Wildman–Crippen MR) is 489 cm³/mol. The Morgan fingerprint density at radius 2 is 0.581 bits per heavy atom. The third-order valence-electron chi connectivity index (χ3n) is 22.1. The molecule has 12 heterocycles. The first kappa shape index (κ1) is 93.8. The van der Waals surface area contributed by atoms with E-state index in [1.54, 1.807) is 49.9 Å². The number of Topliss-reactive ketones (excluding diaryl/α,β-unsaturated/α-hetero) is 1. The summed E-state index contributed by atoms with van der Waals surface area (Å²) in [7, 11) is 0. The van der Waals surface area contributed by atoms with Crippen LogP contribution in [0.3, 0.4) is 0 Å². The molecule has 0 radical (unpaired) electrons. The lowest BCUT2D eigenvalue weighted by Gasteiger charge is -2.33. The molecule has 129 heavy (non-hydrogen) atoms. The molecule has 4 saturated carbocycles. The average molecular weight is 1820 g/mol. The standard InChI is InChI=1S/2C23H27N7O2S.C22H25N7O2S.C22H24N6O2S/c2*1-14(2)21(32)25-19-9-8-18(27-28-19)12-15-6-7-16(11-15)22-29-30-23(33-22)26-20(31)13-17-5-3-4-10-24-17;1-2-19(30)24-18-9-8-17(26-27-18)12-14-6-7-15(11-14)21-28-29-22(32-21)25-20(31)13-16-5-3-4-10-23-16;1-2-19(29)12-18-7-6-17(25-26-18)11-14-9-15(10-14)21-27-28-22(31-21)24-20(30)13-16-5-3-4-8-23-16/h2*3-5,8-10,14-16H,6-7,11-13H2,1-2H3,(H,25,28,32)(H,26,30,31);3-5,8-10,14-15H,2,6-7,11-13H2,1H3,(H,24,27,30)(H,25,29,31);3-8,14-15H,2,9-13H2,1H3,(H,24,28,30)/t15-,16+;;14-,15+;/m1.1./s1. The second-order valence-corrected chi connectivity index (χ2v) is 37.0. The van der Waals surface area contributed by atoms with Crippen molar-refractivity contribution >= 4 is 130 Å². The molecule has 12 aromatic heterocycles. The third kappa shape index (κ3) is 29.9. The zero-order valence-electron chi connectivity index (χ0n) is 72.5. The first-order valence-corrected chi connectivity index (χ1v) is 46.7. The van der Waals surface area contributed by atoms with E-state index in [0.29, 0.717) is 105 Å². The minimum Gasteiger partial charge on any atom is -0.309 e. The van der Waals surface area contributed by atoms with Gasteiger partial charge >= 0.3 is 0 Å². The number of aromatic nitrogens is 20. The summed E-state index contributed by atoms with van der Waals surface area (Å²) in [4.78, 5) is 112. The number of carbonyl (C=O) groups excluding carboxylic acids is 8. The van der Waals surface area contributed by atoms with Gasteiger partial charge in [0.15, 0.2) is 17.5 Å². The molecule has 7 amide bonds. The van der Waals surface area contributed by atoms with E-state index in [0.717, 1.165) is 168 Å². The SMILES string of the molecule is CC(C)C(=O)Nc1ccc(CC2CCC(c3nnc(NC(=O)Cc4ccccn4)s3)C2)nn1.CC(C)C(=O)Nc1ccc(C[C@@H]2CC[C@H](c3nnc(NC(=O)Cc4ccccn4)s3)C2)nn1.CCC(=O)Cc1ccc(CC2CC(c3nnc(NC(=O)Cc4ccccn4)s3)C2)nn1.CCC(=O)Nc1ccc(C[C@@H]2CC[C@H](c3nnc(NC(=O)Cc4ccccn4)s3)C2)nn1. The minimum absolute atomic E-state index is 0.0694. The molecule has 4 fully saturated rings. The molecule has 39 heteroatoms. The van der Waals surface area contributed by atoms with Gasteiger partial charge in [-0.25, -0.2) is 0 Å². The van der Waals surface area contributed by atoms with Gasteiger partial charge in [-0.2, -0.15) is 25.5 Å². The zero-order valence-corrected chi connectivity index (χ0v) is 75.8. The molecule has 35 nitrogen and oxygen atoms in total. The molecule has 0 spiro atoms. The van der Waals surface area contributed by atoms with Gasteiger partial charge in [0.05, 0.1) is 60.6 Å². The van der Waals surface area contributed by atoms with Crippen LogP contribution in [0.2, 0.25) is 0 Å². The Labute approximate surface area is 762 Å². The van der Waals surface area contributed by atoms with Crippen molar-refractivity contribution in [3.05, 3.63) is 217 Å². The molecule has 0 aromatic carbocycles. The molecule has 12 aromatic rings. The maximum atomic E-state index is 12.2. The summed E-state index contributed by atoms with van der Waals surface area (Å²) in [6.45, 7) is 11.0. The van der Waals surface area contributed by atoms with E-state index < -0.39 is 0 Å². The van der Waals surface area contributed by atoms with Crippen molar-refractivity contribution < 1.29 is 38.4 Å². The van der Waals surface area contributed by atoms with Gasteiger partial charge in [-0.15, -0.1) is 56.1 Å². The molecule has 0 saturated heterocycles. The quantitative estimate of drug-likeness (QED) is 0.0201. The van der Waals surface area contributed by atoms with E-state index in [1.807, 2.05) is 138 Å². The molecular weight excluding hydrogens is 1720 g/mol. The van der Waals surface area contributed by atoms with E-state index >= 15 is 0 Å². The second-order valence-electron chi connectivity index (χ2n) is 32.9. The fourth-order valence-corrected chi connectivity index (χ4v) is 18.8. The number of rotatable bonds is 33. The van der Waals surface area contributed by atoms with Crippen molar-refractivity contribution in [2.75, 3.05) is 37.2 Å². The van der Waals surface area contributed by atoms with Gasteiger partial charge in [-0.05, 0) is 217 Å². The first-order chi connectivity index (χ1) is 62.6. The summed E-state index contributed by atoms with van der Waals surface area (Å²) in [6.07, 6.45) is 23.7. The number of ketones is 1. The van der Waals surface area contributed by atoms with Crippen LogP contribution >= 0.6 is 45.3 Å². The van der Waals surface area contributed by atoms with Crippen LogP contribution in [-0.4, -0.2) is 149 Å². The van der Waals surface area contributed by atoms with Crippen molar-refractivity contribution in [3.8, 4) is 0 Å². The maximum absolute atomic E-state index is 12.2. The van der Waals surface area contributed by atoms with E-state index in [2.05, 4.69) is 139 Å². The number of anilines is 7. The number of hydrogen-bond acceptors (Lipinski definition) is 32. The highest BCUT2D eigenvalue weighted by molar-refractivity contribution is 7.16. The molecule has 4 aliphatic rings. The summed E-state index contributed by atoms with van der Waals surface area (Å²) < 4.78 is 0. The molecule has 0 bridgehead atoms. The van der Waals surface area contributed by atoms with Crippen LogP contribution in [0.4, 0.5) is 38.0 Å². The highest BCUT2D eigenvalue weighted by Gasteiger charge is 2.36. The van der Waals surface area contributed by atoms with Gasteiger partial charge in [-0.1, -0.05) is 111 Å².